The highest BCUT2D eigenvalue weighted by Gasteiger charge is 2.33. The van der Waals surface area contributed by atoms with Crippen molar-refractivity contribution in [2.24, 2.45) is 4.99 Å². The first-order valence-electron chi connectivity index (χ1n) is 12.1. The van der Waals surface area contributed by atoms with Gasteiger partial charge in [0, 0.05) is 6.92 Å². The molecule has 0 unspecified atom stereocenters. The van der Waals surface area contributed by atoms with E-state index < -0.39 is 18.0 Å². The van der Waals surface area contributed by atoms with Crippen LogP contribution in [0.15, 0.2) is 57.5 Å². The van der Waals surface area contributed by atoms with Crippen molar-refractivity contribution >= 4 is 51.9 Å². The standard InChI is InChI=1S/C28H27IN2O6S/c1-6-35-21-13-18(12-20(29)25(21)37-17(5)32)14-22-26(33)31-24(19-10-8-15(3)9-11-19)23(27(34)36-7-2)16(4)30-28(31)38-22/h8-14,24H,6-7H2,1-5H3/b22-14-/t24-/m1/s1. The number of ether oxygens (including phenoxy) is 3. The second-order valence-corrected chi connectivity index (χ2v) is 10.7. The Kier molecular flexibility index (Phi) is 8.51. The zero-order valence-electron chi connectivity index (χ0n) is 21.7. The molecule has 3 aromatic rings. The van der Waals surface area contributed by atoms with Crippen LogP contribution < -0.4 is 24.4 Å². The van der Waals surface area contributed by atoms with Gasteiger partial charge in [0.25, 0.3) is 5.56 Å². The quantitative estimate of drug-likeness (QED) is 0.219. The lowest BCUT2D eigenvalue weighted by Crippen LogP contribution is -2.39. The number of aromatic nitrogens is 1. The summed E-state index contributed by atoms with van der Waals surface area (Å²) in [5.41, 5.74) is 3.14. The molecule has 4 rings (SSSR count). The number of thiazole rings is 1. The molecule has 1 aliphatic rings. The summed E-state index contributed by atoms with van der Waals surface area (Å²) in [6.45, 7) is 9.24. The van der Waals surface area contributed by atoms with Gasteiger partial charge in [0.05, 0.1) is 38.6 Å². The minimum Gasteiger partial charge on any atom is -0.490 e. The zero-order valence-corrected chi connectivity index (χ0v) is 24.6. The molecule has 0 fully saturated rings. The molecule has 38 heavy (non-hydrogen) atoms. The monoisotopic (exact) mass is 646 g/mol. The molecule has 2 aromatic carbocycles. The molecular formula is C28H27IN2O6S. The Bertz CT molecular complexity index is 1620. The predicted octanol–water partition coefficient (Wildman–Crippen LogP) is 4.04. The lowest BCUT2D eigenvalue weighted by atomic mass is 9.95. The van der Waals surface area contributed by atoms with Crippen LogP contribution in [0.3, 0.4) is 0 Å². The molecule has 0 spiro atoms. The molecule has 198 valence electrons. The largest absolute Gasteiger partial charge is 0.490 e. The Morgan fingerprint density at radius 1 is 1.13 bits per heavy atom. The Morgan fingerprint density at radius 3 is 2.47 bits per heavy atom. The number of hydrogen-bond acceptors (Lipinski definition) is 8. The van der Waals surface area contributed by atoms with E-state index in [1.807, 2.05) is 44.2 Å². The first-order valence-corrected chi connectivity index (χ1v) is 13.9. The second-order valence-electron chi connectivity index (χ2n) is 8.57. The Hall–Kier alpha value is -3.25. The average Bonchev–Trinajstić information content (AvgIpc) is 3.15. The second kappa shape index (κ2) is 11.6. The number of benzene rings is 2. The van der Waals surface area contributed by atoms with Gasteiger partial charge >= 0.3 is 11.9 Å². The number of aryl methyl sites for hydroxylation is 1. The van der Waals surface area contributed by atoms with Crippen molar-refractivity contribution in [3.8, 4) is 11.5 Å². The topological polar surface area (TPSA) is 96.2 Å². The van der Waals surface area contributed by atoms with Crippen molar-refractivity contribution in [1.82, 2.24) is 4.57 Å². The van der Waals surface area contributed by atoms with E-state index in [4.69, 9.17) is 14.2 Å². The van der Waals surface area contributed by atoms with Crippen LogP contribution in [0.2, 0.25) is 0 Å². The van der Waals surface area contributed by atoms with Gasteiger partial charge in [-0.25, -0.2) is 9.79 Å². The van der Waals surface area contributed by atoms with Gasteiger partial charge < -0.3 is 14.2 Å². The molecule has 0 saturated heterocycles. The fraction of sp³-hybridized carbons (Fsp3) is 0.286. The van der Waals surface area contributed by atoms with E-state index in [0.29, 0.717) is 47.8 Å². The summed E-state index contributed by atoms with van der Waals surface area (Å²) in [6, 6.07) is 10.6. The number of nitrogens with zero attached hydrogens (tertiary/aromatic N) is 2. The molecule has 10 heteroatoms. The minimum atomic E-state index is -0.668. The zero-order chi connectivity index (χ0) is 27.6. The van der Waals surface area contributed by atoms with Crippen LogP contribution in [0.4, 0.5) is 0 Å². The third-order valence-electron chi connectivity index (χ3n) is 5.79. The lowest BCUT2D eigenvalue weighted by molar-refractivity contribution is -0.139. The van der Waals surface area contributed by atoms with Crippen molar-refractivity contribution in [3.05, 3.63) is 87.6 Å². The van der Waals surface area contributed by atoms with Crippen LogP contribution in [0, 0.1) is 10.5 Å². The van der Waals surface area contributed by atoms with E-state index in [1.165, 1.54) is 18.3 Å². The van der Waals surface area contributed by atoms with Crippen LogP contribution in [0.25, 0.3) is 6.08 Å². The Labute approximate surface area is 237 Å². The number of esters is 2. The van der Waals surface area contributed by atoms with E-state index in [9.17, 15) is 14.4 Å². The van der Waals surface area contributed by atoms with Gasteiger partial charge in [0.15, 0.2) is 16.3 Å². The molecule has 0 radical (unpaired) electrons. The fourth-order valence-corrected chi connectivity index (χ4v) is 5.97. The van der Waals surface area contributed by atoms with Gasteiger partial charge in [-0.05, 0) is 79.6 Å². The van der Waals surface area contributed by atoms with Gasteiger partial charge in [0.2, 0.25) is 0 Å². The van der Waals surface area contributed by atoms with Crippen molar-refractivity contribution in [2.45, 2.75) is 40.7 Å². The summed E-state index contributed by atoms with van der Waals surface area (Å²) in [5, 5.41) is 0. The SMILES string of the molecule is CCOC(=O)C1=C(C)N=c2s/c(=C\c3cc(I)c(OC(C)=O)c(OCC)c3)c(=O)n2[C@@H]1c1ccc(C)cc1. The number of rotatable bonds is 7. The molecule has 8 nitrogen and oxygen atoms in total. The molecule has 1 atom stereocenters. The van der Waals surface area contributed by atoms with Crippen molar-refractivity contribution in [3.63, 3.8) is 0 Å². The molecular weight excluding hydrogens is 619 g/mol. The molecule has 1 aromatic heterocycles. The number of carbonyl (C=O) groups excluding carboxylic acids is 2. The summed E-state index contributed by atoms with van der Waals surface area (Å²) in [7, 11) is 0. The fourth-order valence-electron chi connectivity index (χ4n) is 4.18. The summed E-state index contributed by atoms with van der Waals surface area (Å²) >= 11 is 3.32. The molecule has 0 bridgehead atoms. The predicted molar refractivity (Wildman–Crippen MR) is 153 cm³/mol. The smallest absolute Gasteiger partial charge is 0.338 e. The van der Waals surface area contributed by atoms with Crippen LogP contribution in [-0.4, -0.2) is 29.7 Å². The summed E-state index contributed by atoms with van der Waals surface area (Å²) in [5.74, 6) is -0.196. The van der Waals surface area contributed by atoms with Crippen molar-refractivity contribution in [1.29, 1.82) is 0 Å². The van der Waals surface area contributed by atoms with Gasteiger partial charge in [-0.1, -0.05) is 41.2 Å². The number of allylic oxidation sites excluding steroid dienone is 1. The summed E-state index contributed by atoms with van der Waals surface area (Å²) in [4.78, 5) is 43.5. The maximum Gasteiger partial charge on any atom is 0.338 e. The maximum absolute atomic E-state index is 13.8. The van der Waals surface area contributed by atoms with E-state index in [2.05, 4.69) is 27.6 Å². The van der Waals surface area contributed by atoms with E-state index in [0.717, 1.165) is 11.1 Å². The van der Waals surface area contributed by atoms with E-state index in [-0.39, 0.29) is 12.2 Å². The van der Waals surface area contributed by atoms with Crippen LogP contribution in [0.5, 0.6) is 11.5 Å². The van der Waals surface area contributed by atoms with Crippen LogP contribution in [-0.2, 0) is 14.3 Å². The number of fused-ring (bicyclic) bond motifs is 1. The average molecular weight is 647 g/mol. The van der Waals surface area contributed by atoms with Gasteiger partial charge in [0.1, 0.15) is 0 Å². The molecule has 0 amide bonds. The summed E-state index contributed by atoms with van der Waals surface area (Å²) in [6.07, 6.45) is 1.75. The highest BCUT2D eigenvalue weighted by molar-refractivity contribution is 14.1. The Morgan fingerprint density at radius 2 is 1.84 bits per heavy atom. The van der Waals surface area contributed by atoms with Crippen LogP contribution >= 0.6 is 33.9 Å². The van der Waals surface area contributed by atoms with Gasteiger partial charge in [-0.2, -0.15) is 0 Å². The lowest BCUT2D eigenvalue weighted by Gasteiger charge is -2.24. The first kappa shape index (κ1) is 27.8. The normalized spacial score (nSPS) is 15.1. The number of halogens is 1. The molecule has 0 N–H and O–H groups in total. The third-order valence-corrected chi connectivity index (χ3v) is 7.57. The van der Waals surface area contributed by atoms with Gasteiger partial charge in [-0.15, -0.1) is 0 Å². The third kappa shape index (κ3) is 5.60. The highest BCUT2D eigenvalue weighted by atomic mass is 127. The molecule has 0 aliphatic carbocycles. The Balaban J connectivity index is 1.91. The van der Waals surface area contributed by atoms with Crippen molar-refractivity contribution < 1.29 is 23.8 Å². The molecule has 1 aliphatic heterocycles. The van der Waals surface area contributed by atoms with Gasteiger partial charge in [-0.3, -0.25) is 14.2 Å². The highest BCUT2D eigenvalue weighted by Crippen LogP contribution is 2.35. The number of carbonyl (C=O) groups is 2. The molecule has 2 heterocycles. The van der Waals surface area contributed by atoms with Crippen molar-refractivity contribution in [2.75, 3.05) is 13.2 Å². The van der Waals surface area contributed by atoms with E-state index >= 15 is 0 Å². The first-order chi connectivity index (χ1) is 18.1. The number of hydrogen-bond donors (Lipinski definition) is 0. The minimum absolute atomic E-state index is 0.213. The van der Waals surface area contributed by atoms with E-state index in [1.54, 1.807) is 30.6 Å². The maximum atomic E-state index is 13.8. The summed E-state index contributed by atoms with van der Waals surface area (Å²) < 4.78 is 19.1. The molecule has 0 saturated carbocycles. The van der Waals surface area contributed by atoms with Crippen LogP contribution in [0.1, 0.15) is 50.4 Å².